The number of hydrogen-bond donors (Lipinski definition) is 4. The van der Waals surface area contributed by atoms with Gasteiger partial charge in [0.2, 0.25) is 23.5 Å². The number of hydrogen-bond acceptors (Lipinski definition) is 7. The lowest BCUT2D eigenvalue weighted by Gasteiger charge is -2.38. The van der Waals surface area contributed by atoms with Gasteiger partial charge in [-0.2, -0.15) is 0 Å². The topological polar surface area (TPSA) is 154 Å². The second-order valence-corrected chi connectivity index (χ2v) is 16.1. The predicted molar refractivity (Wildman–Crippen MR) is 189 cm³/mol. The van der Waals surface area contributed by atoms with Gasteiger partial charge < -0.3 is 26.2 Å². The maximum atomic E-state index is 14.5. The Morgan fingerprint density at radius 1 is 1.00 bits per heavy atom. The lowest BCUT2D eigenvalue weighted by Crippen LogP contribution is -2.62. The minimum Gasteiger partial charge on any atom is -0.346 e. The summed E-state index contributed by atoms with van der Waals surface area (Å²) in [4.78, 5) is 83.5. The van der Waals surface area contributed by atoms with Crippen LogP contribution in [0.1, 0.15) is 92.4 Å². The van der Waals surface area contributed by atoms with E-state index in [-0.39, 0.29) is 30.2 Å². The summed E-state index contributed by atoms with van der Waals surface area (Å²) >= 11 is 1.19. The van der Waals surface area contributed by atoms with Crippen LogP contribution in [0.5, 0.6) is 0 Å². The van der Waals surface area contributed by atoms with Gasteiger partial charge in [-0.15, -0.1) is 6.58 Å². The SMILES string of the molecule is C=CCNC(=O)C(=O)C(CC1CC1)NC(=O)[C@@H]1[C@@H](C(C)C)CCN1C(=O)[C@@H](NC(=O)[C@@H](NC(=O)C1=C=C=CS1)C1CCCCC1)C(C)(C)C. The van der Waals surface area contributed by atoms with Gasteiger partial charge in [-0.05, 0) is 60.5 Å². The number of carbonyl (C=O) groups excluding carboxylic acids is 6. The fourth-order valence-corrected chi connectivity index (χ4v) is 7.64. The Kier molecular flexibility index (Phi) is 13.2. The van der Waals surface area contributed by atoms with Crippen LogP contribution in [0.4, 0.5) is 0 Å². The smallest absolute Gasteiger partial charge is 0.289 e. The molecule has 0 aromatic carbocycles. The molecule has 0 bridgehead atoms. The Balaban J connectivity index is 1.57. The quantitative estimate of drug-likeness (QED) is 0.116. The van der Waals surface area contributed by atoms with E-state index in [1.165, 1.54) is 22.7 Å². The molecule has 0 radical (unpaired) electrons. The minimum absolute atomic E-state index is 0.0434. The molecule has 5 atom stereocenters. The summed E-state index contributed by atoms with van der Waals surface area (Å²) in [5.41, 5.74) is 4.81. The van der Waals surface area contributed by atoms with E-state index in [0.29, 0.717) is 24.3 Å². The zero-order valence-corrected chi connectivity index (χ0v) is 30.4. The number of ketones is 1. The first-order valence-electron chi connectivity index (χ1n) is 17.7. The molecule has 1 saturated heterocycles. The van der Waals surface area contributed by atoms with Crippen molar-refractivity contribution in [1.82, 2.24) is 26.2 Å². The standard InChI is InChI=1S/C37H53N5O6S/c1-7-18-38-35(47)30(43)26(21-23-15-16-23)39-34(46)29-25(22(2)3)17-19-42(29)36(48)31(37(4,5)6)41-33(45)28(24-12-9-8-10-13-24)40-32(44)27-14-11-20-49-27/h7,20,22-26,28-29,31H,1,8-10,12-13,15-19,21H2,2-6H3,(H,38,47)(H,39,46)(H,40,44)(H,41,45)/t25-,26?,28+,29+,31-/m1/s1. The van der Waals surface area contributed by atoms with Crippen molar-refractivity contribution >= 4 is 47.1 Å². The highest BCUT2D eigenvalue weighted by molar-refractivity contribution is 8.06. The summed E-state index contributed by atoms with van der Waals surface area (Å²) in [6, 6.07) is -3.74. The van der Waals surface area contributed by atoms with Gasteiger partial charge in [0, 0.05) is 18.5 Å². The summed E-state index contributed by atoms with van der Waals surface area (Å²) in [7, 11) is 0. The number of Topliss-reactive ketones (excluding diaryl/α,β-unsaturated/α-hetero) is 1. The highest BCUT2D eigenvalue weighted by Crippen LogP contribution is 2.36. The molecule has 3 fully saturated rings. The molecule has 4 rings (SSSR count). The molecule has 2 aliphatic heterocycles. The third-order valence-corrected chi connectivity index (χ3v) is 10.9. The summed E-state index contributed by atoms with van der Waals surface area (Å²) in [5, 5.41) is 12.9. The van der Waals surface area contributed by atoms with Crippen LogP contribution >= 0.6 is 11.8 Å². The molecule has 0 aromatic heterocycles. The Hall–Kier alpha value is -3.59. The first-order valence-corrected chi connectivity index (χ1v) is 18.6. The fraction of sp³-hybridized carbons (Fsp3) is 0.676. The van der Waals surface area contributed by atoms with Gasteiger partial charge in [0.15, 0.2) is 0 Å². The molecule has 1 unspecified atom stereocenters. The third-order valence-electron chi connectivity index (χ3n) is 10.1. The van der Waals surface area contributed by atoms with Gasteiger partial charge in [-0.3, -0.25) is 28.8 Å². The molecule has 0 spiro atoms. The van der Waals surface area contributed by atoms with Gasteiger partial charge >= 0.3 is 0 Å². The lowest BCUT2D eigenvalue weighted by atomic mass is 9.82. The molecular formula is C37H53N5O6S. The van der Waals surface area contributed by atoms with Gasteiger partial charge in [0.1, 0.15) is 23.0 Å². The Morgan fingerprint density at radius 2 is 1.69 bits per heavy atom. The molecule has 4 N–H and O–H groups in total. The monoisotopic (exact) mass is 695 g/mol. The molecule has 49 heavy (non-hydrogen) atoms. The summed E-state index contributed by atoms with van der Waals surface area (Å²) in [5.74, 6) is -3.20. The summed E-state index contributed by atoms with van der Waals surface area (Å²) in [6.45, 7) is 13.6. The number of likely N-dealkylation sites (tertiary alicyclic amines) is 1. The van der Waals surface area contributed by atoms with E-state index in [2.05, 4.69) is 39.3 Å². The van der Waals surface area contributed by atoms with Crippen molar-refractivity contribution in [2.75, 3.05) is 13.1 Å². The second kappa shape index (κ2) is 16.9. The number of rotatable bonds is 15. The van der Waals surface area contributed by atoms with Crippen LogP contribution in [-0.4, -0.2) is 77.5 Å². The minimum atomic E-state index is -1.01. The number of amides is 5. The van der Waals surface area contributed by atoms with Crippen molar-refractivity contribution in [2.24, 2.45) is 29.1 Å². The number of nitrogens with one attached hydrogen (secondary N) is 4. The molecule has 0 aromatic rings. The first kappa shape index (κ1) is 38.2. The van der Waals surface area contributed by atoms with E-state index >= 15 is 0 Å². The molecule has 4 aliphatic rings. The zero-order chi connectivity index (χ0) is 35.9. The van der Waals surface area contributed by atoms with Crippen molar-refractivity contribution in [3.05, 3.63) is 34.4 Å². The number of thioether (sulfide) groups is 1. The summed E-state index contributed by atoms with van der Waals surface area (Å²) < 4.78 is 0. The zero-order valence-electron chi connectivity index (χ0n) is 29.6. The third kappa shape index (κ3) is 9.99. The van der Waals surface area contributed by atoms with E-state index in [4.69, 9.17) is 0 Å². The van der Waals surface area contributed by atoms with Crippen molar-refractivity contribution in [3.63, 3.8) is 0 Å². The van der Waals surface area contributed by atoms with Crippen LogP contribution in [0.2, 0.25) is 0 Å². The highest BCUT2D eigenvalue weighted by atomic mass is 32.2. The van der Waals surface area contributed by atoms with Crippen molar-refractivity contribution in [3.8, 4) is 0 Å². The Bertz CT molecular complexity index is 1410. The molecule has 12 heteroatoms. The maximum absolute atomic E-state index is 14.5. The van der Waals surface area contributed by atoms with Crippen LogP contribution in [0.25, 0.3) is 0 Å². The Labute approximate surface area is 294 Å². The predicted octanol–water partition coefficient (Wildman–Crippen LogP) is 3.51. The van der Waals surface area contributed by atoms with Gasteiger partial charge in [0.25, 0.3) is 11.8 Å². The normalized spacial score (nSPS) is 22.6. The van der Waals surface area contributed by atoms with Crippen LogP contribution in [-0.2, 0) is 28.8 Å². The van der Waals surface area contributed by atoms with Crippen LogP contribution < -0.4 is 21.3 Å². The van der Waals surface area contributed by atoms with Gasteiger partial charge in [-0.1, -0.05) is 90.3 Å². The average molecular weight is 696 g/mol. The second-order valence-electron chi connectivity index (χ2n) is 15.3. The molecule has 5 amide bonds. The molecule has 2 saturated carbocycles. The van der Waals surface area contributed by atoms with Crippen LogP contribution in [0.15, 0.2) is 34.4 Å². The van der Waals surface area contributed by atoms with Crippen molar-refractivity contribution in [1.29, 1.82) is 0 Å². The van der Waals surface area contributed by atoms with Crippen LogP contribution in [0.3, 0.4) is 0 Å². The average Bonchev–Trinajstić information content (AvgIpc) is 3.50. The van der Waals surface area contributed by atoms with Gasteiger partial charge in [0.05, 0.1) is 6.04 Å². The Morgan fingerprint density at radius 3 is 2.27 bits per heavy atom. The van der Waals surface area contributed by atoms with E-state index in [0.717, 1.165) is 44.9 Å². The molecule has 2 aliphatic carbocycles. The molecule has 11 nitrogen and oxygen atoms in total. The van der Waals surface area contributed by atoms with Crippen LogP contribution in [0, 0.1) is 29.1 Å². The largest absolute Gasteiger partial charge is 0.346 e. The van der Waals surface area contributed by atoms with Gasteiger partial charge in [-0.25, -0.2) is 0 Å². The van der Waals surface area contributed by atoms with E-state index in [1.54, 1.807) is 5.41 Å². The fourth-order valence-electron chi connectivity index (χ4n) is 7.12. The summed E-state index contributed by atoms with van der Waals surface area (Å²) in [6.07, 6.45) is 8.79. The number of nitrogens with zero attached hydrogens (tertiary/aromatic N) is 1. The first-order chi connectivity index (χ1) is 23.2. The lowest BCUT2D eigenvalue weighted by molar-refractivity contribution is -0.146. The van der Waals surface area contributed by atoms with E-state index in [1.807, 2.05) is 34.6 Å². The molecular weight excluding hydrogens is 643 g/mol. The molecule has 2 heterocycles. The number of carbonyl (C=O) groups is 6. The van der Waals surface area contributed by atoms with Crippen molar-refractivity contribution < 1.29 is 28.8 Å². The van der Waals surface area contributed by atoms with E-state index < -0.39 is 64.9 Å². The maximum Gasteiger partial charge on any atom is 0.289 e. The molecule has 268 valence electrons. The van der Waals surface area contributed by atoms with Crippen molar-refractivity contribution in [2.45, 2.75) is 117 Å². The highest BCUT2D eigenvalue weighted by Gasteiger charge is 2.48. The van der Waals surface area contributed by atoms with E-state index in [9.17, 15) is 28.8 Å².